The van der Waals surface area contributed by atoms with Gasteiger partial charge in [-0.2, -0.15) is 0 Å². The molecule has 0 radical (unpaired) electrons. The molecule has 2 fully saturated rings. The molecular formula is C18H25FN2O3. The highest BCUT2D eigenvalue weighted by Gasteiger charge is 2.50. The molecule has 2 N–H and O–H groups in total. The monoisotopic (exact) mass is 336 g/mol. The van der Waals surface area contributed by atoms with Crippen molar-refractivity contribution in [3.8, 4) is 0 Å². The lowest BCUT2D eigenvalue weighted by Gasteiger charge is -2.42. The molecule has 0 aromatic heterocycles. The van der Waals surface area contributed by atoms with Crippen LogP contribution < -0.4 is 5.32 Å². The number of ether oxygens (including phenoxy) is 1. The van der Waals surface area contributed by atoms with E-state index in [1.54, 1.807) is 25.3 Å². The zero-order valence-corrected chi connectivity index (χ0v) is 14.0. The van der Waals surface area contributed by atoms with Gasteiger partial charge in [0.05, 0.1) is 18.2 Å². The van der Waals surface area contributed by atoms with Crippen LogP contribution in [0.3, 0.4) is 0 Å². The first kappa shape index (κ1) is 17.3. The minimum absolute atomic E-state index is 0.0606. The number of rotatable bonds is 5. The summed E-state index contributed by atoms with van der Waals surface area (Å²) in [6, 6.07) is 6.49. The van der Waals surface area contributed by atoms with Gasteiger partial charge in [0.25, 0.3) is 0 Å². The summed E-state index contributed by atoms with van der Waals surface area (Å²) < 4.78 is 19.4. The Bertz CT molecular complexity index is 597. The van der Waals surface area contributed by atoms with Crippen LogP contribution in [0.25, 0.3) is 0 Å². The predicted molar refractivity (Wildman–Crippen MR) is 87.8 cm³/mol. The van der Waals surface area contributed by atoms with Crippen molar-refractivity contribution in [3.05, 3.63) is 35.6 Å². The number of hydrogen-bond donors (Lipinski definition) is 2. The Labute approximate surface area is 141 Å². The molecule has 3 rings (SSSR count). The molecule has 1 amide bonds. The molecule has 2 aliphatic rings. The second-order valence-electron chi connectivity index (χ2n) is 6.80. The van der Waals surface area contributed by atoms with Gasteiger partial charge >= 0.3 is 0 Å². The van der Waals surface area contributed by atoms with Crippen LogP contribution in [0, 0.1) is 5.82 Å². The average molecular weight is 336 g/mol. The second-order valence-corrected chi connectivity index (χ2v) is 6.80. The van der Waals surface area contributed by atoms with Gasteiger partial charge in [-0.3, -0.25) is 9.69 Å². The van der Waals surface area contributed by atoms with E-state index in [0.717, 1.165) is 25.8 Å². The first-order valence-corrected chi connectivity index (χ1v) is 8.51. The molecule has 1 heterocycles. The molecule has 1 aromatic carbocycles. The van der Waals surface area contributed by atoms with E-state index in [1.165, 1.54) is 6.07 Å². The highest BCUT2D eigenvalue weighted by Crippen LogP contribution is 2.42. The molecule has 5 nitrogen and oxygen atoms in total. The zero-order chi connectivity index (χ0) is 17.2. The fourth-order valence-electron chi connectivity index (χ4n) is 4.04. The number of halogens is 1. The Hall–Kier alpha value is -1.50. The number of hydrogen-bond acceptors (Lipinski definition) is 4. The van der Waals surface area contributed by atoms with Gasteiger partial charge in [0.15, 0.2) is 0 Å². The van der Waals surface area contributed by atoms with Crippen LogP contribution in [0.5, 0.6) is 0 Å². The Morgan fingerprint density at radius 3 is 3.00 bits per heavy atom. The molecule has 24 heavy (non-hydrogen) atoms. The van der Waals surface area contributed by atoms with E-state index in [9.17, 15) is 14.3 Å². The molecular weight excluding hydrogens is 311 g/mol. The first-order valence-electron chi connectivity index (χ1n) is 8.51. The number of nitrogens with one attached hydrogen (secondary N) is 1. The van der Waals surface area contributed by atoms with Crippen LogP contribution in [-0.4, -0.2) is 53.9 Å². The molecule has 1 aliphatic carbocycles. The van der Waals surface area contributed by atoms with Crippen molar-refractivity contribution < 1.29 is 19.0 Å². The summed E-state index contributed by atoms with van der Waals surface area (Å²) >= 11 is 0. The molecule has 6 heteroatoms. The third kappa shape index (κ3) is 3.45. The minimum Gasteiger partial charge on any atom is -0.393 e. The smallest absolute Gasteiger partial charge is 0.234 e. The van der Waals surface area contributed by atoms with E-state index in [1.807, 2.05) is 0 Å². The summed E-state index contributed by atoms with van der Waals surface area (Å²) in [5.74, 6) is -0.446. The van der Waals surface area contributed by atoms with Crippen molar-refractivity contribution in [1.82, 2.24) is 10.2 Å². The van der Waals surface area contributed by atoms with Gasteiger partial charge in [-0.25, -0.2) is 4.39 Å². The molecule has 3 atom stereocenters. The van der Waals surface area contributed by atoms with Crippen molar-refractivity contribution >= 4 is 5.91 Å². The number of methoxy groups -OCH3 is 1. The lowest BCUT2D eigenvalue weighted by Crippen LogP contribution is -2.53. The standard InChI is InChI=1S/C18H25FN2O3/c1-24-18-7-6-14(22)10-16(18)21(9-8-18)12-17(23)20-11-13-4-2-3-5-15(13)19/h2-5,14,16,22H,6-12H2,1H3,(H,20,23)/t14-,16-,18+/m1/s1. The van der Waals surface area contributed by atoms with Crippen LogP contribution >= 0.6 is 0 Å². The van der Waals surface area contributed by atoms with Gasteiger partial charge in [-0.1, -0.05) is 18.2 Å². The number of benzene rings is 1. The summed E-state index contributed by atoms with van der Waals surface area (Å²) in [6.07, 6.45) is 2.75. The van der Waals surface area contributed by atoms with Crippen LogP contribution in [0.4, 0.5) is 4.39 Å². The van der Waals surface area contributed by atoms with Crippen molar-refractivity contribution in [3.63, 3.8) is 0 Å². The number of nitrogens with zero attached hydrogens (tertiary/aromatic N) is 1. The molecule has 0 bridgehead atoms. The van der Waals surface area contributed by atoms with E-state index in [2.05, 4.69) is 10.2 Å². The third-order valence-corrected chi connectivity index (χ3v) is 5.45. The van der Waals surface area contributed by atoms with E-state index >= 15 is 0 Å². The maximum absolute atomic E-state index is 13.6. The topological polar surface area (TPSA) is 61.8 Å². The van der Waals surface area contributed by atoms with Gasteiger partial charge in [0.1, 0.15) is 5.82 Å². The van der Waals surface area contributed by atoms with E-state index in [4.69, 9.17) is 4.74 Å². The van der Waals surface area contributed by atoms with Crippen molar-refractivity contribution in [2.24, 2.45) is 0 Å². The third-order valence-electron chi connectivity index (χ3n) is 5.45. The Balaban J connectivity index is 1.57. The zero-order valence-electron chi connectivity index (χ0n) is 14.0. The van der Waals surface area contributed by atoms with Gasteiger partial charge in [-0.15, -0.1) is 0 Å². The summed E-state index contributed by atoms with van der Waals surface area (Å²) in [6.45, 7) is 1.21. The highest BCUT2D eigenvalue weighted by molar-refractivity contribution is 5.78. The van der Waals surface area contributed by atoms with E-state index < -0.39 is 0 Å². The summed E-state index contributed by atoms with van der Waals surface area (Å²) in [5.41, 5.74) is 0.233. The maximum atomic E-state index is 13.6. The predicted octanol–water partition coefficient (Wildman–Crippen LogP) is 1.45. The Morgan fingerprint density at radius 1 is 1.46 bits per heavy atom. The highest BCUT2D eigenvalue weighted by atomic mass is 19.1. The molecule has 1 saturated heterocycles. The second kappa shape index (κ2) is 7.17. The lowest BCUT2D eigenvalue weighted by molar-refractivity contribution is -0.125. The van der Waals surface area contributed by atoms with Crippen LogP contribution in [0.1, 0.15) is 31.2 Å². The van der Waals surface area contributed by atoms with Crippen molar-refractivity contribution in [2.75, 3.05) is 20.2 Å². The molecule has 1 aliphatic heterocycles. The molecule has 0 spiro atoms. The number of carbonyl (C=O) groups is 1. The van der Waals surface area contributed by atoms with Gasteiger partial charge in [0.2, 0.25) is 5.91 Å². The van der Waals surface area contributed by atoms with Gasteiger partial charge in [0, 0.05) is 31.8 Å². The fourth-order valence-corrected chi connectivity index (χ4v) is 4.04. The van der Waals surface area contributed by atoms with Gasteiger partial charge in [-0.05, 0) is 31.7 Å². The quantitative estimate of drug-likeness (QED) is 0.854. The average Bonchev–Trinajstić information content (AvgIpc) is 2.93. The Kier molecular flexibility index (Phi) is 5.18. The largest absolute Gasteiger partial charge is 0.393 e. The summed E-state index contributed by atoms with van der Waals surface area (Å²) in [5, 5.41) is 12.8. The van der Waals surface area contributed by atoms with E-state index in [0.29, 0.717) is 12.0 Å². The fraction of sp³-hybridized carbons (Fsp3) is 0.611. The molecule has 132 valence electrons. The van der Waals surface area contributed by atoms with Crippen LogP contribution in [-0.2, 0) is 16.1 Å². The Morgan fingerprint density at radius 2 is 2.25 bits per heavy atom. The van der Waals surface area contributed by atoms with Crippen LogP contribution in [0.15, 0.2) is 24.3 Å². The number of aliphatic hydroxyl groups is 1. The number of likely N-dealkylation sites (tertiary alicyclic amines) is 1. The summed E-state index contributed by atoms with van der Waals surface area (Å²) in [7, 11) is 1.71. The van der Waals surface area contributed by atoms with Crippen molar-refractivity contribution in [2.45, 2.75) is 50.0 Å². The number of fused-ring (bicyclic) bond motifs is 1. The first-order chi connectivity index (χ1) is 11.5. The van der Waals surface area contributed by atoms with Crippen LogP contribution in [0.2, 0.25) is 0 Å². The molecule has 0 unspecified atom stereocenters. The SMILES string of the molecule is CO[C@]12CC[C@@H](O)C[C@H]1N(CC(=O)NCc1ccccc1F)CC2. The lowest BCUT2D eigenvalue weighted by atomic mass is 9.79. The van der Waals surface area contributed by atoms with Crippen molar-refractivity contribution in [1.29, 1.82) is 0 Å². The minimum atomic E-state index is -0.333. The number of amides is 1. The number of aliphatic hydroxyl groups excluding tert-OH is 1. The maximum Gasteiger partial charge on any atom is 0.234 e. The normalized spacial score (nSPS) is 30.1. The molecule has 1 saturated carbocycles. The summed E-state index contributed by atoms with van der Waals surface area (Å²) in [4.78, 5) is 14.3. The number of carbonyl (C=O) groups excluding carboxylic acids is 1. The van der Waals surface area contributed by atoms with Gasteiger partial charge < -0.3 is 15.2 Å². The van der Waals surface area contributed by atoms with E-state index in [-0.39, 0.29) is 42.6 Å². The molecule has 1 aromatic rings.